The lowest BCUT2D eigenvalue weighted by molar-refractivity contribution is 0.544. The maximum absolute atomic E-state index is 6.00. The van der Waals surface area contributed by atoms with Crippen LogP contribution in [0.5, 0.6) is 0 Å². The lowest BCUT2D eigenvalue weighted by Crippen LogP contribution is -2.04. The molecule has 1 N–H and O–H groups in total. The molecule has 0 fully saturated rings. The fraction of sp³-hybridized carbons (Fsp3) is 0.600. The number of rotatable bonds is 7. The Hall–Kier alpha value is -0.870. The van der Waals surface area contributed by atoms with Gasteiger partial charge in [-0.15, -0.1) is 11.3 Å². The van der Waals surface area contributed by atoms with Crippen LogP contribution in [0.15, 0.2) is 6.07 Å². The highest BCUT2D eigenvalue weighted by Gasteiger charge is 2.10. The summed E-state index contributed by atoms with van der Waals surface area (Å²) in [5.74, 6) is 1.65. The number of nitrogens with one attached hydrogen (secondary N) is 1. The van der Waals surface area contributed by atoms with Gasteiger partial charge < -0.3 is 5.32 Å². The van der Waals surface area contributed by atoms with E-state index >= 15 is 0 Å². The third kappa shape index (κ3) is 4.06. The highest BCUT2D eigenvalue weighted by molar-refractivity contribution is 7.18. The molecule has 0 atom stereocenters. The fourth-order valence-electron chi connectivity index (χ4n) is 2.14. The van der Waals surface area contributed by atoms with E-state index in [2.05, 4.69) is 42.1 Å². The first-order valence-electron chi connectivity index (χ1n) is 7.30. The van der Waals surface area contributed by atoms with E-state index in [1.54, 1.807) is 11.3 Å². The normalized spacial score (nSPS) is 11.4. The van der Waals surface area contributed by atoms with Crippen LogP contribution in [-0.2, 0) is 6.42 Å². The van der Waals surface area contributed by atoms with E-state index in [0.29, 0.717) is 5.28 Å². The molecule has 0 saturated carbocycles. The van der Waals surface area contributed by atoms with E-state index in [1.165, 1.54) is 17.7 Å². The quantitative estimate of drug-likeness (QED) is 0.568. The number of hydrogen-bond donors (Lipinski definition) is 1. The first-order valence-corrected chi connectivity index (χ1v) is 8.49. The van der Waals surface area contributed by atoms with Crippen molar-refractivity contribution in [2.24, 2.45) is 5.92 Å². The molecule has 2 rings (SSSR count). The summed E-state index contributed by atoms with van der Waals surface area (Å²) in [5, 5.41) is 4.83. The number of halogens is 1. The Bertz CT molecular complexity index is 565. The van der Waals surface area contributed by atoms with Crippen LogP contribution >= 0.6 is 22.9 Å². The minimum absolute atomic E-state index is 0.326. The summed E-state index contributed by atoms with van der Waals surface area (Å²) in [5.41, 5.74) is 0. The van der Waals surface area contributed by atoms with Gasteiger partial charge in [-0.25, -0.2) is 9.97 Å². The van der Waals surface area contributed by atoms with Gasteiger partial charge in [0.2, 0.25) is 5.28 Å². The van der Waals surface area contributed by atoms with Crippen LogP contribution in [-0.4, -0.2) is 16.5 Å². The van der Waals surface area contributed by atoms with Gasteiger partial charge in [0.25, 0.3) is 0 Å². The third-order valence-corrected chi connectivity index (χ3v) is 4.61. The molecule has 2 aromatic heterocycles. The zero-order chi connectivity index (χ0) is 14.5. The molecule has 110 valence electrons. The van der Waals surface area contributed by atoms with E-state index in [9.17, 15) is 0 Å². The molecule has 2 heterocycles. The Morgan fingerprint density at radius 2 is 2.10 bits per heavy atom. The van der Waals surface area contributed by atoms with Crippen molar-refractivity contribution in [1.29, 1.82) is 0 Å². The Labute approximate surface area is 129 Å². The molecule has 0 aliphatic rings. The van der Waals surface area contributed by atoms with Crippen LogP contribution in [0.3, 0.4) is 0 Å². The Kier molecular flexibility index (Phi) is 5.61. The molecule has 0 aromatic carbocycles. The molecule has 3 nitrogen and oxygen atoms in total. The Morgan fingerprint density at radius 3 is 2.80 bits per heavy atom. The van der Waals surface area contributed by atoms with Crippen LogP contribution in [0.1, 0.15) is 44.9 Å². The maximum Gasteiger partial charge on any atom is 0.225 e. The standard InChI is InChI=1S/C15H22ClN3S/c1-4-11-9-12-13(17-8-6-5-7-10(2)3)18-15(16)19-14(12)20-11/h9-10H,4-8H2,1-3H3,(H,17,18,19). The number of aryl methyl sites for hydroxylation is 1. The molecule has 0 unspecified atom stereocenters. The smallest absolute Gasteiger partial charge is 0.225 e. The molecule has 2 aromatic rings. The first-order chi connectivity index (χ1) is 9.60. The number of anilines is 1. The van der Waals surface area contributed by atoms with E-state index in [-0.39, 0.29) is 0 Å². The topological polar surface area (TPSA) is 37.8 Å². The summed E-state index contributed by atoms with van der Waals surface area (Å²) in [6, 6.07) is 2.17. The van der Waals surface area contributed by atoms with E-state index < -0.39 is 0 Å². The van der Waals surface area contributed by atoms with Gasteiger partial charge in [0.15, 0.2) is 0 Å². The summed E-state index contributed by atoms with van der Waals surface area (Å²) in [6.07, 6.45) is 4.70. The van der Waals surface area contributed by atoms with Gasteiger partial charge in [-0.1, -0.05) is 33.6 Å². The molecule has 0 aliphatic carbocycles. The number of hydrogen-bond acceptors (Lipinski definition) is 4. The molecule has 0 aliphatic heterocycles. The van der Waals surface area contributed by atoms with E-state index in [1.807, 2.05) is 0 Å². The van der Waals surface area contributed by atoms with Crippen molar-refractivity contribution < 1.29 is 0 Å². The second-order valence-electron chi connectivity index (χ2n) is 5.44. The molecular weight excluding hydrogens is 290 g/mol. The second-order valence-corrected chi connectivity index (χ2v) is 6.90. The van der Waals surface area contributed by atoms with Gasteiger partial charge in [-0.05, 0) is 36.4 Å². The number of unbranched alkanes of at least 4 members (excludes halogenated alkanes) is 1. The first kappa shape index (κ1) is 15.5. The number of nitrogens with zero attached hydrogens (tertiary/aromatic N) is 2. The number of aromatic nitrogens is 2. The zero-order valence-corrected chi connectivity index (χ0v) is 13.9. The van der Waals surface area contributed by atoms with Crippen LogP contribution in [0, 0.1) is 5.92 Å². The van der Waals surface area contributed by atoms with Crippen LogP contribution in [0.2, 0.25) is 5.28 Å². The van der Waals surface area contributed by atoms with Gasteiger partial charge in [0.05, 0.1) is 5.39 Å². The molecule has 0 saturated heterocycles. The van der Waals surface area contributed by atoms with E-state index in [4.69, 9.17) is 11.6 Å². The molecule has 0 radical (unpaired) electrons. The molecule has 5 heteroatoms. The average molecular weight is 312 g/mol. The van der Waals surface area contributed by atoms with Gasteiger partial charge >= 0.3 is 0 Å². The molecular formula is C15H22ClN3S. The van der Waals surface area contributed by atoms with Crippen molar-refractivity contribution in [3.8, 4) is 0 Å². The predicted octanol–water partition coefficient (Wildman–Crippen LogP) is 5.15. The van der Waals surface area contributed by atoms with Crippen molar-refractivity contribution >= 4 is 39.0 Å². The third-order valence-electron chi connectivity index (χ3n) is 3.27. The largest absolute Gasteiger partial charge is 0.369 e. The summed E-state index contributed by atoms with van der Waals surface area (Å²) in [7, 11) is 0. The highest BCUT2D eigenvalue weighted by Crippen LogP contribution is 2.30. The molecule has 0 bridgehead atoms. The summed E-state index contributed by atoms with van der Waals surface area (Å²) in [6.45, 7) is 7.61. The molecule has 0 spiro atoms. The lowest BCUT2D eigenvalue weighted by Gasteiger charge is -2.08. The van der Waals surface area contributed by atoms with Crippen LogP contribution in [0.25, 0.3) is 10.2 Å². The zero-order valence-electron chi connectivity index (χ0n) is 12.4. The average Bonchev–Trinajstić information content (AvgIpc) is 2.80. The van der Waals surface area contributed by atoms with Crippen molar-refractivity contribution in [2.45, 2.75) is 46.5 Å². The highest BCUT2D eigenvalue weighted by atomic mass is 35.5. The van der Waals surface area contributed by atoms with Crippen molar-refractivity contribution in [1.82, 2.24) is 9.97 Å². The van der Waals surface area contributed by atoms with Crippen LogP contribution < -0.4 is 5.32 Å². The van der Waals surface area contributed by atoms with Gasteiger partial charge in [-0.2, -0.15) is 0 Å². The minimum Gasteiger partial charge on any atom is -0.369 e. The Balaban J connectivity index is 2.03. The van der Waals surface area contributed by atoms with Gasteiger partial charge in [-0.3, -0.25) is 0 Å². The summed E-state index contributed by atoms with van der Waals surface area (Å²) in [4.78, 5) is 10.9. The monoisotopic (exact) mass is 311 g/mol. The fourth-order valence-corrected chi connectivity index (χ4v) is 3.32. The second kappa shape index (κ2) is 7.23. The van der Waals surface area contributed by atoms with Gasteiger partial charge in [0.1, 0.15) is 10.6 Å². The SMILES string of the molecule is CCc1cc2c(NCCCCC(C)C)nc(Cl)nc2s1. The predicted molar refractivity (Wildman–Crippen MR) is 89.0 cm³/mol. The maximum atomic E-state index is 6.00. The lowest BCUT2D eigenvalue weighted by atomic mass is 10.1. The van der Waals surface area contributed by atoms with Gasteiger partial charge in [0, 0.05) is 11.4 Å². The van der Waals surface area contributed by atoms with Crippen molar-refractivity contribution in [3.63, 3.8) is 0 Å². The van der Waals surface area contributed by atoms with Crippen molar-refractivity contribution in [3.05, 3.63) is 16.2 Å². The van der Waals surface area contributed by atoms with E-state index in [0.717, 1.165) is 41.3 Å². The van der Waals surface area contributed by atoms with Crippen molar-refractivity contribution in [2.75, 3.05) is 11.9 Å². The van der Waals surface area contributed by atoms with Crippen LogP contribution in [0.4, 0.5) is 5.82 Å². The molecule has 0 amide bonds. The summed E-state index contributed by atoms with van der Waals surface area (Å²) >= 11 is 7.70. The Morgan fingerprint density at radius 1 is 1.30 bits per heavy atom. The number of thiophene rings is 1. The molecule has 20 heavy (non-hydrogen) atoms. The number of fused-ring (bicyclic) bond motifs is 1. The summed E-state index contributed by atoms with van der Waals surface area (Å²) < 4.78 is 0. The minimum atomic E-state index is 0.326.